The van der Waals surface area contributed by atoms with E-state index in [-0.39, 0.29) is 0 Å². The fourth-order valence-corrected chi connectivity index (χ4v) is 4.95. The molecule has 2 heterocycles. The van der Waals surface area contributed by atoms with Gasteiger partial charge in [-0.25, -0.2) is 4.79 Å². The number of aromatic amines is 1. The van der Waals surface area contributed by atoms with E-state index < -0.39 is 19.9 Å². The van der Waals surface area contributed by atoms with Crippen LogP contribution in [0, 0.1) is 0 Å². The summed E-state index contributed by atoms with van der Waals surface area (Å²) >= 11 is -2.14. The number of fused-ring (bicyclic) bond motifs is 1. The molecule has 4 N–H and O–H groups in total. The van der Waals surface area contributed by atoms with Crippen molar-refractivity contribution in [1.82, 2.24) is 9.97 Å². The monoisotopic (exact) mass is 349 g/mol. The van der Waals surface area contributed by atoms with Gasteiger partial charge in [0.05, 0.1) is 0 Å². The summed E-state index contributed by atoms with van der Waals surface area (Å²) in [7, 11) is 0. The normalized spacial score (nSPS) is 15.0. The summed E-state index contributed by atoms with van der Waals surface area (Å²) in [6.45, 7) is 0. The molecule has 0 radical (unpaired) electrons. The third-order valence-corrected chi connectivity index (χ3v) is 5.82. The van der Waals surface area contributed by atoms with Gasteiger partial charge in [0.25, 0.3) is 0 Å². The Hall–Kier alpha value is -2.50. The molecule has 0 aliphatic carbocycles. The molecule has 0 saturated carbocycles. The topological polar surface area (TPSA) is 109 Å². The van der Waals surface area contributed by atoms with Crippen LogP contribution in [0.1, 0.15) is 0 Å². The van der Waals surface area contributed by atoms with Gasteiger partial charge in [0.1, 0.15) is 0 Å². The van der Waals surface area contributed by atoms with Gasteiger partial charge in [-0.15, -0.1) is 0 Å². The summed E-state index contributed by atoms with van der Waals surface area (Å²) in [4.78, 5) is 16.2. The van der Waals surface area contributed by atoms with Crippen molar-refractivity contribution in [3.8, 4) is 11.1 Å². The molecular weight excluding hydrogens is 337 g/mol. The van der Waals surface area contributed by atoms with E-state index in [1.54, 1.807) is 0 Å². The number of carboxylic acid groups (broad SMARTS) is 1. The number of amides is 1. The quantitative estimate of drug-likeness (QED) is 0.440. The molecule has 1 aliphatic rings. The fraction of sp³-hybridized carbons (Fsp3) is 0. The van der Waals surface area contributed by atoms with Crippen LogP contribution in [0.15, 0.2) is 42.5 Å². The molecule has 0 spiro atoms. The van der Waals surface area contributed by atoms with Gasteiger partial charge in [0.2, 0.25) is 0 Å². The second kappa shape index (κ2) is 5.12. The van der Waals surface area contributed by atoms with Crippen LogP contribution in [-0.2, 0) is 3.83 Å². The van der Waals surface area contributed by atoms with Crippen molar-refractivity contribution in [1.29, 1.82) is 0 Å². The van der Waals surface area contributed by atoms with E-state index in [1.165, 1.54) is 0 Å². The Morgan fingerprint density at radius 2 is 1.86 bits per heavy atom. The SMILES string of the molecule is NC(=O)O.O=[Se]1c2nc3c1c(-c1ccccc1)ccc3[nH]2. The van der Waals surface area contributed by atoms with Gasteiger partial charge in [-0.1, -0.05) is 0 Å². The molecule has 3 aromatic rings. The molecule has 2 bridgehead atoms. The average Bonchev–Trinajstić information content (AvgIpc) is 3.01. The van der Waals surface area contributed by atoms with Crippen molar-refractivity contribution in [2.45, 2.75) is 0 Å². The van der Waals surface area contributed by atoms with Crippen molar-refractivity contribution in [3.63, 3.8) is 0 Å². The molecule has 0 saturated heterocycles. The maximum atomic E-state index is 12.3. The van der Waals surface area contributed by atoms with Crippen LogP contribution in [-0.4, -0.2) is 35.0 Å². The predicted molar refractivity (Wildman–Crippen MR) is 79.5 cm³/mol. The first-order valence-electron chi connectivity index (χ1n) is 6.06. The summed E-state index contributed by atoms with van der Waals surface area (Å²) in [6.07, 6.45) is -1.33. The summed E-state index contributed by atoms with van der Waals surface area (Å²) in [5.74, 6) is 0. The number of nitrogens with zero attached hydrogens (tertiary/aromatic N) is 1. The van der Waals surface area contributed by atoms with Gasteiger partial charge in [-0.05, 0) is 0 Å². The molecule has 21 heavy (non-hydrogen) atoms. The number of nitrogens with one attached hydrogen (secondary N) is 1. The fourth-order valence-electron chi connectivity index (χ4n) is 2.24. The first kappa shape index (κ1) is 13.5. The van der Waals surface area contributed by atoms with Crippen LogP contribution < -0.4 is 14.9 Å². The summed E-state index contributed by atoms with van der Waals surface area (Å²) in [6, 6.07) is 14.1. The zero-order valence-electron chi connectivity index (χ0n) is 10.7. The summed E-state index contributed by atoms with van der Waals surface area (Å²) < 4.78 is 13.9. The van der Waals surface area contributed by atoms with Crippen LogP contribution in [0.25, 0.3) is 22.2 Å². The Bertz CT molecular complexity index is 855. The molecular formula is C14H11N3O3Se. The third-order valence-electron chi connectivity index (χ3n) is 3.03. The van der Waals surface area contributed by atoms with E-state index in [0.717, 1.165) is 26.6 Å². The Kier molecular flexibility index (Phi) is 3.29. The number of H-pyrrole nitrogens is 1. The number of rotatable bonds is 1. The van der Waals surface area contributed by atoms with Gasteiger partial charge >= 0.3 is 108 Å². The van der Waals surface area contributed by atoms with Gasteiger partial charge < -0.3 is 10.8 Å². The minimum absolute atomic E-state index is 0.669. The van der Waals surface area contributed by atoms with Crippen LogP contribution in [0.5, 0.6) is 0 Å². The van der Waals surface area contributed by atoms with Gasteiger partial charge in [0.15, 0.2) is 0 Å². The molecule has 0 fully saturated rings. The van der Waals surface area contributed by atoms with E-state index in [9.17, 15) is 3.83 Å². The van der Waals surface area contributed by atoms with Crippen LogP contribution in [0.2, 0.25) is 0 Å². The Morgan fingerprint density at radius 1 is 1.19 bits per heavy atom. The van der Waals surface area contributed by atoms with Crippen molar-refractivity contribution >= 4 is 40.1 Å². The van der Waals surface area contributed by atoms with E-state index in [2.05, 4.69) is 15.7 Å². The number of hydrogen-bond acceptors (Lipinski definition) is 3. The predicted octanol–water partition coefficient (Wildman–Crippen LogP) is 0.703. The van der Waals surface area contributed by atoms with Gasteiger partial charge in [-0.2, -0.15) is 0 Å². The van der Waals surface area contributed by atoms with Gasteiger partial charge in [0, 0.05) is 0 Å². The Morgan fingerprint density at radius 3 is 2.48 bits per heavy atom. The maximum absolute atomic E-state index is 12.3. The number of carbonyl (C=O) groups is 1. The molecule has 7 heteroatoms. The van der Waals surface area contributed by atoms with Crippen LogP contribution >= 0.6 is 0 Å². The number of primary amides is 1. The second-order valence-corrected chi connectivity index (χ2v) is 7.15. The molecule has 1 aromatic heterocycles. The van der Waals surface area contributed by atoms with E-state index >= 15 is 0 Å². The molecule has 6 nitrogen and oxygen atoms in total. The molecule has 1 atom stereocenters. The third kappa shape index (κ3) is 2.33. The van der Waals surface area contributed by atoms with Crippen LogP contribution in [0.3, 0.4) is 0 Å². The van der Waals surface area contributed by atoms with Gasteiger partial charge in [-0.3, -0.25) is 0 Å². The van der Waals surface area contributed by atoms with Crippen molar-refractivity contribution in [2.75, 3.05) is 0 Å². The van der Waals surface area contributed by atoms with E-state index in [4.69, 9.17) is 9.90 Å². The molecule has 1 amide bonds. The van der Waals surface area contributed by atoms with Crippen LogP contribution in [0.4, 0.5) is 4.79 Å². The number of hydrogen-bond donors (Lipinski definition) is 3. The number of imidazole rings is 1. The zero-order chi connectivity index (χ0) is 15.0. The first-order chi connectivity index (χ1) is 10.1. The van der Waals surface area contributed by atoms with Crippen molar-refractivity contribution in [2.24, 2.45) is 5.73 Å². The molecule has 4 rings (SSSR count). The number of aromatic nitrogens is 2. The molecule has 106 valence electrons. The van der Waals surface area contributed by atoms with Crippen molar-refractivity contribution in [3.05, 3.63) is 42.5 Å². The van der Waals surface area contributed by atoms with Crippen molar-refractivity contribution < 1.29 is 13.7 Å². The number of benzene rings is 2. The molecule has 2 aromatic carbocycles. The summed E-state index contributed by atoms with van der Waals surface area (Å²) in [5, 5.41) is 7.19. The summed E-state index contributed by atoms with van der Waals surface area (Å²) in [5.41, 5.74) is 8.08. The minimum atomic E-state index is -2.14. The average molecular weight is 348 g/mol. The second-order valence-electron chi connectivity index (χ2n) is 4.35. The Labute approximate surface area is 123 Å². The standard InChI is InChI=1S/C13H8N2OSe.CH3NO2/c16-17-12-9(8-4-2-1-3-5-8)6-7-10-11(12)15-13(17)14-10;2-1(3)4/h1-7H,(H,14,15);2H2,(H,3,4). The van der Waals surface area contributed by atoms with E-state index in [0.29, 0.717) is 4.72 Å². The zero-order valence-corrected chi connectivity index (χ0v) is 12.5. The number of nitrogens with two attached hydrogens (primary N) is 1. The van der Waals surface area contributed by atoms with E-state index in [1.807, 2.05) is 42.5 Å². The Balaban J connectivity index is 0.000000298. The first-order valence-corrected chi connectivity index (χ1v) is 8.47. The molecule has 1 aliphatic heterocycles. The molecule has 1 unspecified atom stereocenters.